The Morgan fingerprint density at radius 2 is 1.65 bits per heavy atom. The van der Waals surface area contributed by atoms with E-state index in [2.05, 4.69) is 5.32 Å². The highest BCUT2D eigenvalue weighted by atomic mass is 32.2. The van der Waals surface area contributed by atoms with Crippen LogP contribution in [0, 0.1) is 0 Å². The largest absolute Gasteiger partial charge is 0.374 e. The molecule has 0 spiro atoms. The second-order valence-electron chi connectivity index (χ2n) is 6.13. The summed E-state index contributed by atoms with van der Waals surface area (Å²) in [5, 5.41) is 1.09. The van der Waals surface area contributed by atoms with Gasteiger partial charge in [-0.15, -0.1) is 0 Å². The zero-order valence-corrected chi connectivity index (χ0v) is 15.3. The summed E-state index contributed by atoms with van der Waals surface area (Å²) in [4.78, 5) is 12.1. The Hall–Kier alpha value is -1.40. The molecule has 0 fully saturated rings. The number of nitrogens with one attached hydrogen (secondary N) is 1. The highest BCUT2D eigenvalue weighted by Crippen LogP contribution is 2.13. The van der Waals surface area contributed by atoms with Crippen LogP contribution in [0.4, 0.5) is 0 Å². The highest BCUT2D eigenvalue weighted by Gasteiger charge is 2.30. The van der Waals surface area contributed by atoms with Crippen LogP contribution in [0.3, 0.4) is 0 Å². The van der Waals surface area contributed by atoms with E-state index < -0.39 is 26.2 Å². The third-order valence-corrected chi connectivity index (χ3v) is 6.18. The maximum absolute atomic E-state index is 12.1. The Bertz CT molecular complexity index is 623. The molecule has 130 valence electrons. The molecule has 5 nitrogen and oxygen atoms in total. The van der Waals surface area contributed by atoms with Gasteiger partial charge in [-0.25, -0.2) is 8.42 Å². The van der Waals surface area contributed by atoms with Crippen molar-refractivity contribution in [2.75, 3.05) is 0 Å². The van der Waals surface area contributed by atoms with Crippen molar-refractivity contribution < 1.29 is 17.9 Å². The van der Waals surface area contributed by atoms with Gasteiger partial charge in [0.2, 0.25) is 5.91 Å². The van der Waals surface area contributed by atoms with E-state index in [4.69, 9.17) is 4.74 Å². The van der Waals surface area contributed by atoms with E-state index in [9.17, 15) is 13.2 Å². The lowest BCUT2D eigenvalue weighted by atomic mass is 10.1. The minimum atomic E-state index is -3.45. The first-order valence-electron chi connectivity index (χ1n) is 7.85. The summed E-state index contributed by atoms with van der Waals surface area (Å²) in [5.74, 6) is -0.474. The molecule has 0 aliphatic heterocycles. The molecule has 6 heteroatoms. The minimum Gasteiger partial charge on any atom is -0.374 e. The van der Waals surface area contributed by atoms with Crippen molar-refractivity contribution in [3.63, 3.8) is 0 Å². The van der Waals surface area contributed by atoms with Crippen LogP contribution in [0.2, 0.25) is 0 Å². The predicted octanol–water partition coefficient (Wildman–Crippen LogP) is 2.44. The molecule has 0 radical (unpaired) electrons. The molecule has 0 bridgehead atoms. The minimum absolute atomic E-state index is 0.119. The molecule has 1 aromatic rings. The van der Waals surface area contributed by atoms with Crippen LogP contribution < -0.4 is 5.32 Å². The van der Waals surface area contributed by atoms with Gasteiger partial charge in [0.25, 0.3) is 0 Å². The van der Waals surface area contributed by atoms with Gasteiger partial charge in [-0.05, 0) is 45.7 Å². The molecule has 0 aliphatic rings. The number of benzene rings is 1. The van der Waals surface area contributed by atoms with Crippen molar-refractivity contribution in [2.24, 2.45) is 0 Å². The van der Waals surface area contributed by atoms with Gasteiger partial charge in [-0.1, -0.05) is 24.3 Å². The van der Waals surface area contributed by atoms with E-state index in [-0.39, 0.29) is 12.6 Å². The smallest absolute Gasteiger partial charge is 0.238 e. The van der Waals surface area contributed by atoms with Gasteiger partial charge < -0.3 is 10.1 Å². The number of carbonyl (C=O) groups is 1. The van der Waals surface area contributed by atoms with Crippen LogP contribution in [0.5, 0.6) is 0 Å². The molecule has 0 saturated heterocycles. The molecule has 0 saturated carbocycles. The summed E-state index contributed by atoms with van der Waals surface area (Å²) < 4.78 is 29.7. The Kier molecular flexibility index (Phi) is 7.22. The summed E-state index contributed by atoms with van der Waals surface area (Å²) in [6, 6.07) is 7.64. The van der Waals surface area contributed by atoms with Gasteiger partial charge in [0.1, 0.15) is 5.25 Å². The van der Waals surface area contributed by atoms with Gasteiger partial charge in [0, 0.05) is 6.54 Å². The fourth-order valence-corrected chi connectivity index (χ4v) is 3.21. The molecule has 1 aromatic carbocycles. The lowest BCUT2D eigenvalue weighted by Gasteiger charge is -2.17. The van der Waals surface area contributed by atoms with E-state index in [0.29, 0.717) is 6.61 Å². The lowest BCUT2D eigenvalue weighted by Crippen LogP contribution is -2.40. The van der Waals surface area contributed by atoms with Crippen LogP contribution >= 0.6 is 0 Å². The number of carbonyl (C=O) groups excluding carboxylic acids is 1. The number of hydrogen-bond donors (Lipinski definition) is 1. The molecule has 23 heavy (non-hydrogen) atoms. The summed E-state index contributed by atoms with van der Waals surface area (Å²) in [6.45, 7) is 9.26. The standard InChI is InChI=1S/C17H27NO4S/c1-12(2)22-11-16-9-7-6-8-15(16)10-18-17(19)14(5)23(20,21)13(3)4/h6-9,12-14H,10-11H2,1-5H3,(H,18,19). The molecule has 0 heterocycles. The summed E-state index contributed by atoms with van der Waals surface area (Å²) >= 11 is 0. The van der Waals surface area contributed by atoms with Gasteiger partial charge >= 0.3 is 0 Å². The zero-order valence-electron chi connectivity index (χ0n) is 14.5. The molecule has 1 unspecified atom stereocenters. The molecule has 0 aliphatic carbocycles. The van der Waals surface area contributed by atoms with Crippen LogP contribution in [0.1, 0.15) is 45.7 Å². The monoisotopic (exact) mass is 341 g/mol. The van der Waals surface area contributed by atoms with Crippen LogP contribution in [-0.2, 0) is 32.5 Å². The number of sulfone groups is 1. The molecule has 1 N–H and O–H groups in total. The van der Waals surface area contributed by atoms with Crippen molar-refractivity contribution in [1.29, 1.82) is 0 Å². The highest BCUT2D eigenvalue weighted by molar-refractivity contribution is 7.93. The van der Waals surface area contributed by atoms with Crippen LogP contribution in [-0.4, -0.2) is 30.9 Å². The summed E-state index contributed by atoms with van der Waals surface area (Å²) in [7, 11) is -3.45. The normalized spacial score (nSPS) is 13.3. The van der Waals surface area contributed by atoms with Crippen molar-refractivity contribution in [3.8, 4) is 0 Å². The van der Waals surface area contributed by atoms with E-state index in [1.54, 1.807) is 13.8 Å². The van der Waals surface area contributed by atoms with E-state index in [1.165, 1.54) is 6.92 Å². The van der Waals surface area contributed by atoms with Gasteiger partial charge in [-0.3, -0.25) is 4.79 Å². The van der Waals surface area contributed by atoms with Gasteiger partial charge in [0.05, 0.1) is 18.0 Å². The summed E-state index contributed by atoms with van der Waals surface area (Å²) in [5.41, 5.74) is 1.91. The Balaban J connectivity index is 2.73. The molecule has 0 aromatic heterocycles. The van der Waals surface area contributed by atoms with Crippen molar-refractivity contribution in [1.82, 2.24) is 5.32 Å². The summed E-state index contributed by atoms with van der Waals surface area (Å²) in [6.07, 6.45) is 0.119. The molecular weight excluding hydrogens is 314 g/mol. The topological polar surface area (TPSA) is 72.5 Å². The SMILES string of the molecule is CC(C)OCc1ccccc1CNC(=O)C(C)S(=O)(=O)C(C)C. The first-order chi connectivity index (χ1) is 10.7. The van der Waals surface area contributed by atoms with Gasteiger partial charge in [0.15, 0.2) is 9.84 Å². The Morgan fingerprint density at radius 3 is 2.17 bits per heavy atom. The third-order valence-electron chi connectivity index (χ3n) is 3.66. The second-order valence-corrected chi connectivity index (χ2v) is 8.95. The molecule has 1 amide bonds. The average molecular weight is 341 g/mol. The van der Waals surface area contributed by atoms with E-state index >= 15 is 0 Å². The number of amides is 1. The molecule has 1 atom stereocenters. The average Bonchev–Trinajstić information content (AvgIpc) is 2.50. The van der Waals surface area contributed by atoms with Crippen molar-refractivity contribution >= 4 is 15.7 Å². The quantitative estimate of drug-likeness (QED) is 0.788. The third kappa shape index (κ3) is 5.62. The fraction of sp³-hybridized carbons (Fsp3) is 0.588. The Labute approximate surface area is 139 Å². The first-order valence-corrected chi connectivity index (χ1v) is 9.46. The predicted molar refractivity (Wildman–Crippen MR) is 91.7 cm³/mol. The zero-order chi connectivity index (χ0) is 17.6. The number of ether oxygens (including phenoxy) is 1. The first kappa shape index (κ1) is 19.6. The fourth-order valence-electron chi connectivity index (χ4n) is 2.01. The van der Waals surface area contributed by atoms with Gasteiger partial charge in [-0.2, -0.15) is 0 Å². The van der Waals surface area contributed by atoms with Crippen molar-refractivity contribution in [2.45, 2.75) is 64.4 Å². The maximum Gasteiger partial charge on any atom is 0.238 e. The van der Waals surface area contributed by atoms with Crippen molar-refractivity contribution in [3.05, 3.63) is 35.4 Å². The van der Waals surface area contributed by atoms with Crippen LogP contribution in [0.15, 0.2) is 24.3 Å². The lowest BCUT2D eigenvalue weighted by molar-refractivity contribution is -0.120. The van der Waals surface area contributed by atoms with E-state index in [1.807, 2.05) is 38.1 Å². The molecular formula is C17H27NO4S. The van der Waals surface area contributed by atoms with Crippen LogP contribution in [0.25, 0.3) is 0 Å². The second kappa shape index (κ2) is 8.45. The molecule has 1 rings (SSSR count). The maximum atomic E-state index is 12.1. The Morgan fingerprint density at radius 1 is 1.09 bits per heavy atom. The number of hydrogen-bond acceptors (Lipinski definition) is 4. The van der Waals surface area contributed by atoms with E-state index in [0.717, 1.165) is 11.1 Å². The number of rotatable bonds is 8.